The maximum atomic E-state index is 12.4. The summed E-state index contributed by atoms with van der Waals surface area (Å²) in [5.41, 5.74) is 2.53. The van der Waals surface area contributed by atoms with Gasteiger partial charge in [0.25, 0.3) is 0 Å². The van der Waals surface area contributed by atoms with Crippen LogP contribution in [0.4, 0.5) is 10.7 Å². The number of esters is 1. The van der Waals surface area contributed by atoms with E-state index in [9.17, 15) is 4.79 Å². The molecular weight excluding hydrogens is 380 g/mol. The van der Waals surface area contributed by atoms with Gasteiger partial charge in [0.15, 0.2) is 5.11 Å². The number of thiophene rings is 1. The summed E-state index contributed by atoms with van der Waals surface area (Å²) >= 11 is 7.09. The number of methoxy groups -OCH3 is 1. The molecule has 0 amide bonds. The molecule has 0 spiro atoms. The molecule has 1 aromatic heterocycles. The normalized spacial score (nSPS) is 13.3. The second-order valence-electron chi connectivity index (χ2n) is 6.27. The largest absolute Gasteiger partial charge is 0.492 e. The zero-order valence-electron chi connectivity index (χ0n) is 15.6. The standard InChI is InChI=1S/C20H24N2O3S2/c1-3-25-15-11-8-7-10-14(15)21-20(26)22-18-17(19(23)24-2)13-9-5-4-6-12-16(13)27-18/h7-8,10-11H,3-6,9,12H2,1-2H3,(H2,21,22,26). The van der Waals surface area contributed by atoms with Crippen molar-refractivity contribution >= 4 is 45.3 Å². The van der Waals surface area contributed by atoms with Crippen LogP contribution in [-0.2, 0) is 17.6 Å². The van der Waals surface area contributed by atoms with E-state index in [0.717, 1.165) is 47.7 Å². The fraction of sp³-hybridized carbons (Fsp3) is 0.400. The maximum absolute atomic E-state index is 12.4. The van der Waals surface area contributed by atoms with Gasteiger partial charge in [0, 0.05) is 4.88 Å². The van der Waals surface area contributed by atoms with Gasteiger partial charge in [0.1, 0.15) is 10.8 Å². The van der Waals surface area contributed by atoms with E-state index in [1.165, 1.54) is 18.4 Å². The summed E-state index contributed by atoms with van der Waals surface area (Å²) in [5.74, 6) is 0.425. The Morgan fingerprint density at radius 2 is 1.96 bits per heavy atom. The van der Waals surface area contributed by atoms with Gasteiger partial charge in [-0.2, -0.15) is 0 Å². The van der Waals surface area contributed by atoms with Crippen LogP contribution in [0.5, 0.6) is 5.75 Å². The molecule has 7 heteroatoms. The zero-order valence-corrected chi connectivity index (χ0v) is 17.2. The number of carbonyl (C=O) groups is 1. The van der Waals surface area contributed by atoms with Gasteiger partial charge in [-0.25, -0.2) is 4.79 Å². The Labute approximate surface area is 169 Å². The third-order valence-electron chi connectivity index (χ3n) is 4.47. The van der Waals surface area contributed by atoms with Crippen LogP contribution in [-0.4, -0.2) is 24.8 Å². The fourth-order valence-corrected chi connectivity index (χ4v) is 4.82. The van der Waals surface area contributed by atoms with E-state index in [0.29, 0.717) is 17.3 Å². The number of ether oxygens (including phenoxy) is 2. The Morgan fingerprint density at radius 1 is 1.19 bits per heavy atom. The van der Waals surface area contributed by atoms with Crippen molar-refractivity contribution in [3.8, 4) is 5.75 Å². The lowest BCUT2D eigenvalue weighted by Gasteiger charge is -2.14. The third kappa shape index (κ3) is 4.59. The summed E-state index contributed by atoms with van der Waals surface area (Å²) in [5, 5.41) is 7.54. The summed E-state index contributed by atoms with van der Waals surface area (Å²) in [6, 6.07) is 7.63. The van der Waals surface area contributed by atoms with Crippen LogP contribution >= 0.6 is 23.6 Å². The van der Waals surface area contributed by atoms with Crippen molar-refractivity contribution in [2.24, 2.45) is 0 Å². The molecule has 0 fully saturated rings. The van der Waals surface area contributed by atoms with Crippen molar-refractivity contribution < 1.29 is 14.3 Å². The van der Waals surface area contributed by atoms with E-state index in [-0.39, 0.29) is 5.97 Å². The van der Waals surface area contributed by atoms with Crippen LogP contribution in [0.15, 0.2) is 24.3 Å². The molecule has 0 aliphatic heterocycles. The molecule has 0 saturated carbocycles. The molecule has 5 nitrogen and oxygen atoms in total. The fourth-order valence-electron chi connectivity index (χ4n) is 3.26. The van der Waals surface area contributed by atoms with Crippen molar-refractivity contribution in [3.63, 3.8) is 0 Å². The first kappa shape index (κ1) is 19.6. The van der Waals surface area contributed by atoms with Gasteiger partial charge in [0.05, 0.1) is 25.0 Å². The number of para-hydroxylation sites is 2. The monoisotopic (exact) mass is 404 g/mol. The van der Waals surface area contributed by atoms with Crippen LogP contribution in [0.3, 0.4) is 0 Å². The van der Waals surface area contributed by atoms with Crippen LogP contribution in [0.1, 0.15) is 47.0 Å². The van der Waals surface area contributed by atoms with Crippen LogP contribution in [0.25, 0.3) is 0 Å². The first-order valence-corrected chi connectivity index (χ1v) is 10.4. The minimum atomic E-state index is -0.311. The lowest BCUT2D eigenvalue weighted by atomic mass is 10.1. The van der Waals surface area contributed by atoms with Crippen molar-refractivity contribution in [1.29, 1.82) is 0 Å². The molecule has 0 atom stereocenters. The summed E-state index contributed by atoms with van der Waals surface area (Å²) in [7, 11) is 1.42. The van der Waals surface area contributed by atoms with E-state index in [4.69, 9.17) is 21.7 Å². The topological polar surface area (TPSA) is 59.6 Å². The van der Waals surface area contributed by atoms with E-state index >= 15 is 0 Å². The SMILES string of the molecule is CCOc1ccccc1NC(=S)Nc1sc2c(c1C(=O)OC)CCCCC2. The quantitative estimate of drug-likeness (QED) is 0.415. The molecule has 1 aliphatic rings. The van der Waals surface area contributed by atoms with Crippen LogP contribution in [0.2, 0.25) is 0 Å². The van der Waals surface area contributed by atoms with E-state index in [1.54, 1.807) is 11.3 Å². The van der Waals surface area contributed by atoms with E-state index in [1.807, 2.05) is 31.2 Å². The molecule has 1 aromatic carbocycles. The average molecular weight is 405 g/mol. The molecule has 0 unspecified atom stereocenters. The molecule has 0 bridgehead atoms. The molecule has 2 aromatic rings. The number of hydrogen-bond acceptors (Lipinski definition) is 5. The Balaban J connectivity index is 1.83. The van der Waals surface area contributed by atoms with Gasteiger partial charge < -0.3 is 20.1 Å². The number of rotatable bonds is 5. The molecule has 3 rings (SSSR count). The predicted molar refractivity (Wildman–Crippen MR) is 114 cm³/mol. The van der Waals surface area contributed by atoms with Crippen molar-refractivity contribution in [3.05, 3.63) is 40.3 Å². The molecule has 1 heterocycles. The highest BCUT2D eigenvalue weighted by molar-refractivity contribution is 7.80. The highest BCUT2D eigenvalue weighted by Gasteiger charge is 2.25. The molecule has 2 N–H and O–H groups in total. The average Bonchev–Trinajstić information content (AvgIpc) is 2.83. The molecule has 0 radical (unpaired) electrons. The minimum Gasteiger partial charge on any atom is -0.492 e. The molecule has 27 heavy (non-hydrogen) atoms. The van der Waals surface area contributed by atoms with Crippen LogP contribution in [0, 0.1) is 0 Å². The second-order valence-corrected chi connectivity index (χ2v) is 7.78. The first-order chi connectivity index (χ1) is 13.1. The molecule has 0 saturated heterocycles. The number of nitrogens with one attached hydrogen (secondary N) is 2. The molecular formula is C20H24N2O3S2. The lowest BCUT2D eigenvalue weighted by Crippen LogP contribution is -2.20. The molecule has 1 aliphatic carbocycles. The van der Waals surface area contributed by atoms with E-state index in [2.05, 4.69) is 10.6 Å². The zero-order chi connectivity index (χ0) is 19.2. The Bertz CT molecular complexity index is 833. The highest BCUT2D eigenvalue weighted by atomic mass is 32.1. The number of aryl methyl sites for hydroxylation is 1. The summed E-state index contributed by atoms with van der Waals surface area (Å²) in [4.78, 5) is 13.7. The number of hydrogen-bond donors (Lipinski definition) is 2. The van der Waals surface area contributed by atoms with Gasteiger partial charge in [-0.15, -0.1) is 11.3 Å². The third-order valence-corrected chi connectivity index (χ3v) is 5.88. The van der Waals surface area contributed by atoms with Gasteiger partial charge in [0.2, 0.25) is 0 Å². The van der Waals surface area contributed by atoms with Crippen molar-refractivity contribution in [2.75, 3.05) is 24.4 Å². The summed E-state index contributed by atoms with van der Waals surface area (Å²) < 4.78 is 10.7. The lowest BCUT2D eigenvalue weighted by molar-refractivity contribution is 0.0601. The Kier molecular flexibility index (Phi) is 6.68. The minimum absolute atomic E-state index is 0.311. The predicted octanol–water partition coefficient (Wildman–Crippen LogP) is 5.01. The van der Waals surface area contributed by atoms with Gasteiger partial charge >= 0.3 is 5.97 Å². The maximum Gasteiger partial charge on any atom is 0.341 e. The molecule has 144 valence electrons. The van der Waals surface area contributed by atoms with Crippen molar-refractivity contribution in [1.82, 2.24) is 0 Å². The van der Waals surface area contributed by atoms with Gasteiger partial charge in [-0.1, -0.05) is 18.6 Å². The first-order valence-electron chi connectivity index (χ1n) is 9.16. The number of carbonyl (C=O) groups excluding carboxylic acids is 1. The summed E-state index contributed by atoms with van der Waals surface area (Å²) in [6.07, 6.45) is 5.35. The van der Waals surface area contributed by atoms with E-state index < -0.39 is 0 Å². The Hall–Kier alpha value is -2.12. The number of benzene rings is 1. The summed E-state index contributed by atoms with van der Waals surface area (Å²) in [6.45, 7) is 2.51. The Morgan fingerprint density at radius 3 is 2.74 bits per heavy atom. The smallest absolute Gasteiger partial charge is 0.341 e. The van der Waals surface area contributed by atoms with Crippen molar-refractivity contribution in [2.45, 2.75) is 39.0 Å². The highest BCUT2D eigenvalue weighted by Crippen LogP contribution is 2.38. The van der Waals surface area contributed by atoms with Gasteiger partial charge in [-0.05, 0) is 62.5 Å². The number of thiocarbonyl (C=S) groups is 1. The van der Waals surface area contributed by atoms with Gasteiger partial charge in [-0.3, -0.25) is 0 Å². The number of fused-ring (bicyclic) bond motifs is 1. The van der Waals surface area contributed by atoms with Crippen LogP contribution < -0.4 is 15.4 Å². The number of anilines is 2. The second kappa shape index (κ2) is 9.19.